The summed E-state index contributed by atoms with van der Waals surface area (Å²) in [6.07, 6.45) is -4.42. The van der Waals surface area contributed by atoms with Crippen molar-refractivity contribution in [2.75, 3.05) is 6.54 Å². The fourth-order valence-corrected chi connectivity index (χ4v) is 1.78. The molecule has 0 radical (unpaired) electrons. The van der Waals surface area contributed by atoms with E-state index in [1.807, 2.05) is 0 Å². The van der Waals surface area contributed by atoms with E-state index in [0.29, 0.717) is 11.0 Å². The predicted molar refractivity (Wildman–Crippen MR) is 92.7 cm³/mol. The zero-order valence-electron chi connectivity index (χ0n) is 11.3. The van der Waals surface area contributed by atoms with Crippen molar-refractivity contribution in [3.63, 3.8) is 0 Å². The number of hydrogen-bond acceptors (Lipinski definition) is 1. The van der Waals surface area contributed by atoms with Crippen LogP contribution in [0.4, 0.5) is 13.2 Å². The van der Waals surface area contributed by atoms with Crippen molar-refractivity contribution in [2.24, 2.45) is 10.7 Å². The molecule has 0 bridgehead atoms. The molecule has 0 aliphatic heterocycles. The van der Waals surface area contributed by atoms with Crippen molar-refractivity contribution in [3.8, 4) is 0 Å². The lowest BCUT2D eigenvalue weighted by molar-refractivity contribution is -0.138. The molecule has 0 saturated carbocycles. The Morgan fingerprint density at radius 2 is 2.05 bits per heavy atom. The molecule has 0 saturated heterocycles. The molecule has 3 nitrogen and oxygen atoms in total. The van der Waals surface area contributed by atoms with E-state index < -0.39 is 11.7 Å². The molecule has 1 aromatic rings. The Morgan fingerprint density at radius 1 is 1.43 bits per heavy atom. The van der Waals surface area contributed by atoms with Crippen LogP contribution in [0.3, 0.4) is 0 Å². The summed E-state index contributed by atoms with van der Waals surface area (Å²) < 4.78 is 39.0. The Bertz CT molecular complexity index is 530. The summed E-state index contributed by atoms with van der Waals surface area (Å²) in [5, 5.41) is 2.76. The summed E-state index contributed by atoms with van der Waals surface area (Å²) in [5.74, 6) is 0.0871. The van der Waals surface area contributed by atoms with Gasteiger partial charge in [0.25, 0.3) is 0 Å². The summed E-state index contributed by atoms with van der Waals surface area (Å²) in [6.45, 7) is 5.77. The van der Waals surface area contributed by atoms with Gasteiger partial charge < -0.3 is 11.1 Å². The monoisotopic (exact) mass is 477 g/mol. The summed E-state index contributed by atoms with van der Waals surface area (Å²) in [7, 11) is 0. The molecule has 0 spiro atoms. The third kappa shape index (κ3) is 7.16. The smallest absolute Gasteiger partial charge is 0.370 e. The molecule has 3 N–H and O–H groups in total. The van der Waals surface area contributed by atoms with Crippen LogP contribution in [0.2, 0.25) is 0 Å². The molecule has 118 valence electrons. The van der Waals surface area contributed by atoms with Crippen LogP contribution in [0.25, 0.3) is 0 Å². The van der Waals surface area contributed by atoms with E-state index >= 15 is 0 Å². The van der Waals surface area contributed by atoms with Gasteiger partial charge >= 0.3 is 6.18 Å². The minimum Gasteiger partial charge on any atom is -0.370 e. The minimum absolute atomic E-state index is 0. The van der Waals surface area contributed by atoms with Crippen LogP contribution in [0.5, 0.6) is 0 Å². The number of hydrogen-bond donors (Lipinski definition) is 2. The third-order valence-corrected chi connectivity index (χ3v) is 2.86. The SMILES string of the molecule is C=C(C)CNC(N)=NCc1ccc(Br)cc1C(F)(F)F.I. The molecule has 0 fully saturated rings. The van der Waals surface area contributed by atoms with E-state index in [1.54, 1.807) is 6.92 Å². The number of rotatable bonds is 4. The highest BCUT2D eigenvalue weighted by molar-refractivity contribution is 14.0. The van der Waals surface area contributed by atoms with Gasteiger partial charge in [0, 0.05) is 11.0 Å². The van der Waals surface area contributed by atoms with Gasteiger partial charge in [-0.05, 0) is 24.6 Å². The number of nitrogens with zero attached hydrogens (tertiary/aromatic N) is 1. The number of alkyl halides is 3. The Morgan fingerprint density at radius 3 is 2.57 bits per heavy atom. The maximum Gasteiger partial charge on any atom is 0.416 e. The molecular formula is C13H16BrF3IN3. The van der Waals surface area contributed by atoms with Gasteiger partial charge in [0.15, 0.2) is 5.96 Å². The zero-order chi connectivity index (χ0) is 15.3. The van der Waals surface area contributed by atoms with Crippen molar-refractivity contribution in [1.82, 2.24) is 5.32 Å². The van der Waals surface area contributed by atoms with Crippen LogP contribution < -0.4 is 11.1 Å². The van der Waals surface area contributed by atoms with Gasteiger partial charge in [-0.2, -0.15) is 13.2 Å². The Balaban J connectivity index is 0.00000400. The first kappa shape index (κ1) is 20.2. The Hall–Kier alpha value is -0.770. The number of nitrogens with two attached hydrogens (primary N) is 1. The zero-order valence-corrected chi connectivity index (χ0v) is 15.2. The second kappa shape index (κ2) is 8.62. The minimum atomic E-state index is -4.42. The second-order valence-electron chi connectivity index (χ2n) is 4.31. The fourth-order valence-electron chi connectivity index (χ4n) is 1.42. The van der Waals surface area contributed by atoms with E-state index in [4.69, 9.17) is 5.73 Å². The quantitative estimate of drug-likeness (QED) is 0.297. The van der Waals surface area contributed by atoms with E-state index in [9.17, 15) is 13.2 Å². The topological polar surface area (TPSA) is 50.4 Å². The number of benzene rings is 1. The van der Waals surface area contributed by atoms with Crippen LogP contribution in [-0.4, -0.2) is 12.5 Å². The molecule has 0 aromatic heterocycles. The first-order valence-electron chi connectivity index (χ1n) is 5.74. The van der Waals surface area contributed by atoms with Crippen molar-refractivity contribution in [2.45, 2.75) is 19.6 Å². The van der Waals surface area contributed by atoms with Gasteiger partial charge in [-0.25, -0.2) is 4.99 Å². The lowest BCUT2D eigenvalue weighted by Crippen LogP contribution is -2.32. The third-order valence-electron chi connectivity index (χ3n) is 2.37. The number of halogens is 5. The van der Waals surface area contributed by atoms with Gasteiger partial charge in [-0.3, -0.25) is 0 Å². The molecule has 8 heteroatoms. The maximum absolute atomic E-state index is 12.9. The molecule has 0 aliphatic carbocycles. The summed E-state index contributed by atoms with van der Waals surface area (Å²) >= 11 is 3.03. The largest absolute Gasteiger partial charge is 0.416 e. The van der Waals surface area contributed by atoms with Crippen molar-refractivity contribution < 1.29 is 13.2 Å². The molecule has 0 atom stereocenters. The van der Waals surface area contributed by atoms with Crippen LogP contribution >= 0.6 is 39.9 Å². The van der Waals surface area contributed by atoms with Gasteiger partial charge in [0.1, 0.15) is 0 Å². The lowest BCUT2D eigenvalue weighted by atomic mass is 10.1. The highest BCUT2D eigenvalue weighted by atomic mass is 127. The highest BCUT2D eigenvalue weighted by Gasteiger charge is 2.33. The molecule has 0 unspecified atom stereocenters. The first-order valence-corrected chi connectivity index (χ1v) is 6.53. The molecule has 21 heavy (non-hydrogen) atoms. The van der Waals surface area contributed by atoms with Crippen LogP contribution in [0, 0.1) is 0 Å². The molecular weight excluding hydrogens is 462 g/mol. The lowest BCUT2D eigenvalue weighted by Gasteiger charge is -2.12. The highest BCUT2D eigenvalue weighted by Crippen LogP contribution is 2.34. The molecule has 1 rings (SSSR count). The molecule has 0 aliphatic rings. The van der Waals surface area contributed by atoms with Crippen LogP contribution in [0.1, 0.15) is 18.1 Å². The summed E-state index contributed by atoms with van der Waals surface area (Å²) in [4.78, 5) is 3.90. The fraction of sp³-hybridized carbons (Fsp3) is 0.308. The first-order chi connectivity index (χ1) is 9.20. The number of aliphatic imine (C=N–C) groups is 1. The predicted octanol–water partition coefficient (Wildman–Crippen LogP) is 4.07. The maximum atomic E-state index is 12.9. The normalized spacial score (nSPS) is 11.8. The van der Waals surface area contributed by atoms with E-state index in [-0.39, 0.29) is 42.0 Å². The molecule has 0 amide bonds. The number of guanidine groups is 1. The van der Waals surface area contributed by atoms with E-state index in [0.717, 1.165) is 11.6 Å². The second-order valence-corrected chi connectivity index (χ2v) is 5.23. The number of nitrogens with one attached hydrogen (secondary N) is 1. The van der Waals surface area contributed by atoms with Crippen molar-refractivity contribution in [3.05, 3.63) is 46.0 Å². The van der Waals surface area contributed by atoms with E-state index in [1.165, 1.54) is 12.1 Å². The van der Waals surface area contributed by atoms with E-state index in [2.05, 4.69) is 32.8 Å². The Kier molecular flexibility index (Phi) is 8.30. The standard InChI is InChI=1S/C13H15BrF3N3.HI/c1-8(2)6-19-12(18)20-7-9-3-4-10(14)5-11(9)13(15,16)17;/h3-5H,1,6-7H2,2H3,(H3,18,19,20);1H. The van der Waals surface area contributed by atoms with Crippen LogP contribution in [-0.2, 0) is 12.7 Å². The summed E-state index contributed by atoms with van der Waals surface area (Å²) in [5.41, 5.74) is 5.77. The Labute approximate surface area is 147 Å². The van der Waals surface area contributed by atoms with Crippen molar-refractivity contribution >= 4 is 45.9 Å². The molecule has 1 aromatic carbocycles. The summed E-state index contributed by atoms with van der Waals surface area (Å²) in [6, 6.07) is 3.95. The van der Waals surface area contributed by atoms with Gasteiger partial charge in [-0.15, -0.1) is 24.0 Å². The molecule has 0 heterocycles. The van der Waals surface area contributed by atoms with Gasteiger partial charge in [0.2, 0.25) is 0 Å². The average molecular weight is 478 g/mol. The van der Waals surface area contributed by atoms with Gasteiger partial charge in [-0.1, -0.05) is 34.1 Å². The van der Waals surface area contributed by atoms with Crippen LogP contribution in [0.15, 0.2) is 39.8 Å². The van der Waals surface area contributed by atoms with Gasteiger partial charge in [0.05, 0.1) is 12.1 Å². The average Bonchev–Trinajstić information content (AvgIpc) is 2.33. The van der Waals surface area contributed by atoms with Crippen molar-refractivity contribution in [1.29, 1.82) is 0 Å².